The second-order valence-corrected chi connectivity index (χ2v) is 5.98. The molecule has 0 fully saturated rings. The zero-order valence-corrected chi connectivity index (χ0v) is 13.4. The Morgan fingerprint density at radius 1 is 1.19 bits per heavy atom. The first-order chi connectivity index (χ1) is 9.97. The Morgan fingerprint density at radius 2 is 1.86 bits per heavy atom. The van der Waals surface area contributed by atoms with Crippen molar-refractivity contribution >= 4 is 5.91 Å². The second-order valence-electron chi connectivity index (χ2n) is 5.98. The van der Waals surface area contributed by atoms with Crippen molar-refractivity contribution in [1.82, 2.24) is 5.32 Å². The number of carbonyl (C=O) groups excluding carboxylic acids is 1. The third-order valence-corrected chi connectivity index (χ3v) is 3.23. The topological polar surface area (TPSA) is 64.3 Å². The lowest BCUT2D eigenvalue weighted by molar-refractivity contribution is -0.123. The molecule has 0 saturated heterocycles. The fraction of sp³-hybridized carbons (Fsp3) is 0.588. The Hall–Kier alpha value is -1.55. The van der Waals surface area contributed by atoms with Crippen LogP contribution in [0, 0.1) is 5.92 Å². The molecule has 0 radical (unpaired) electrons. The fourth-order valence-electron chi connectivity index (χ4n) is 1.85. The third-order valence-electron chi connectivity index (χ3n) is 3.23. The summed E-state index contributed by atoms with van der Waals surface area (Å²) in [6, 6.07) is 8.06. The van der Waals surface area contributed by atoms with E-state index in [2.05, 4.69) is 19.2 Å². The average Bonchev–Trinajstić information content (AvgIpc) is 2.43. The highest BCUT2D eigenvalue weighted by Gasteiger charge is 2.03. The summed E-state index contributed by atoms with van der Waals surface area (Å²) in [4.78, 5) is 11.6. The van der Waals surface area contributed by atoms with Crippen LogP contribution in [0.4, 0.5) is 0 Å². The molecule has 1 amide bonds. The number of aryl methyl sites for hydroxylation is 1. The van der Waals surface area contributed by atoms with Crippen LogP contribution in [-0.2, 0) is 11.2 Å². The van der Waals surface area contributed by atoms with E-state index in [4.69, 9.17) is 10.5 Å². The van der Waals surface area contributed by atoms with E-state index in [9.17, 15) is 4.79 Å². The van der Waals surface area contributed by atoms with Gasteiger partial charge < -0.3 is 15.8 Å². The summed E-state index contributed by atoms with van der Waals surface area (Å²) in [6.45, 7) is 7.05. The minimum absolute atomic E-state index is 0.0667. The first-order valence-electron chi connectivity index (χ1n) is 7.71. The first kappa shape index (κ1) is 17.5. The molecule has 4 nitrogen and oxygen atoms in total. The number of hydrogen-bond acceptors (Lipinski definition) is 3. The van der Waals surface area contributed by atoms with E-state index in [1.807, 2.05) is 31.2 Å². The lowest BCUT2D eigenvalue weighted by Gasteiger charge is -2.09. The Bertz CT molecular complexity index is 413. The predicted molar refractivity (Wildman–Crippen MR) is 86.4 cm³/mol. The van der Waals surface area contributed by atoms with Crippen molar-refractivity contribution in [2.75, 3.05) is 13.2 Å². The summed E-state index contributed by atoms with van der Waals surface area (Å²) in [5.41, 5.74) is 6.98. The van der Waals surface area contributed by atoms with E-state index in [1.165, 1.54) is 5.56 Å². The average molecular weight is 292 g/mol. The lowest BCUT2D eigenvalue weighted by atomic mass is 10.1. The van der Waals surface area contributed by atoms with Crippen LogP contribution in [0.25, 0.3) is 0 Å². The van der Waals surface area contributed by atoms with Crippen LogP contribution in [0.1, 0.15) is 39.2 Å². The minimum atomic E-state index is -0.0725. The first-order valence-corrected chi connectivity index (χ1v) is 7.71. The Balaban J connectivity index is 2.27. The monoisotopic (exact) mass is 292 g/mol. The van der Waals surface area contributed by atoms with Gasteiger partial charge in [0.05, 0.1) is 0 Å². The summed E-state index contributed by atoms with van der Waals surface area (Å²) >= 11 is 0. The normalized spacial score (nSPS) is 12.2. The molecule has 0 heterocycles. The van der Waals surface area contributed by atoms with Gasteiger partial charge in [-0.2, -0.15) is 0 Å². The molecule has 1 rings (SSSR count). The molecule has 0 saturated carbocycles. The number of amides is 1. The summed E-state index contributed by atoms with van der Waals surface area (Å²) in [5.74, 6) is 1.24. The minimum Gasteiger partial charge on any atom is -0.484 e. The van der Waals surface area contributed by atoms with Crippen molar-refractivity contribution in [2.24, 2.45) is 11.7 Å². The molecular weight excluding hydrogens is 264 g/mol. The number of nitrogens with one attached hydrogen (secondary N) is 1. The van der Waals surface area contributed by atoms with Crippen LogP contribution in [-0.4, -0.2) is 25.1 Å². The highest BCUT2D eigenvalue weighted by atomic mass is 16.5. The summed E-state index contributed by atoms with van der Waals surface area (Å²) in [7, 11) is 0. The van der Waals surface area contributed by atoms with Gasteiger partial charge in [0, 0.05) is 12.6 Å². The van der Waals surface area contributed by atoms with E-state index < -0.39 is 0 Å². The zero-order chi connectivity index (χ0) is 15.7. The highest BCUT2D eigenvalue weighted by Crippen LogP contribution is 2.13. The molecule has 1 aromatic rings. The van der Waals surface area contributed by atoms with Crippen molar-refractivity contribution in [3.63, 3.8) is 0 Å². The molecule has 0 aliphatic rings. The fourth-order valence-corrected chi connectivity index (χ4v) is 1.85. The smallest absolute Gasteiger partial charge is 0.257 e. The maximum absolute atomic E-state index is 11.6. The lowest BCUT2D eigenvalue weighted by Crippen LogP contribution is -2.30. The largest absolute Gasteiger partial charge is 0.484 e. The van der Waals surface area contributed by atoms with E-state index >= 15 is 0 Å². The SMILES string of the molecule is CC(C)CCNC(=O)COc1ccc(CCC(C)N)cc1. The molecule has 1 unspecified atom stereocenters. The summed E-state index contributed by atoms with van der Waals surface area (Å²) in [6.07, 6.45) is 2.92. The number of carbonyl (C=O) groups is 1. The van der Waals surface area contributed by atoms with Crippen LogP contribution in [0.3, 0.4) is 0 Å². The predicted octanol–water partition coefficient (Wildman–Crippen LogP) is 2.51. The van der Waals surface area contributed by atoms with Gasteiger partial charge in [0.1, 0.15) is 5.75 Å². The van der Waals surface area contributed by atoms with Crippen LogP contribution in [0.15, 0.2) is 24.3 Å². The number of nitrogens with two attached hydrogens (primary N) is 1. The van der Waals surface area contributed by atoms with Gasteiger partial charge in [0.2, 0.25) is 0 Å². The maximum Gasteiger partial charge on any atom is 0.257 e. The second kappa shape index (κ2) is 9.40. The van der Waals surface area contributed by atoms with Crippen molar-refractivity contribution in [3.8, 4) is 5.75 Å². The van der Waals surface area contributed by atoms with Crippen LogP contribution < -0.4 is 15.8 Å². The quantitative estimate of drug-likeness (QED) is 0.735. The Labute approximate surface area is 128 Å². The Kier molecular flexibility index (Phi) is 7.83. The van der Waals surface area contributed by atoms with E-state index in [1.54, 1.807) is 0 Å². The summed E-state index contributed by atoms with van der Waals surface area (Å²) < 4.78 is 5.47. The van der Waals surface area contributed by atoms with Gasteiger partial charge >= 0.3 is 0 Å². The van der Waals surface area contributed by atoms with E-state index in [0.717, 1.165) is 25.0 Å². The van der Waals surface area contributed by atoms with Gasteiger partial charge in [-0.1, -0.05) is 26.0 Å². The van der Waals surface area contributed by atoms with Crippen molar-refractivity contribution < 1.29 is 9.53 Å². The van der Waals surface area contributed by atoms with Gasteiger partial charge in [-0.05, 0) is 49.8 Å². The molecule has 0 aliphatic heterocycles. The van der Waals surface area contributed by atoms with Crippen molar-refractivity contribution in [3.05, 3.63) is 29.8 Å². The molecule has 4 heteroatoms. The van der Waals surface area contributed by atoms with Crippen LogP contribution in [0.5, 0.6) is 5.75 Å². The number of ether oxygens (including phenoxy) is 1. The molecule has 0 spiro atoms. The van der Waals surface area contributed by atoms with Crippen LogP contribution in [0.2, 0.25) is 0 Å². The molecule has 0 aliphatic carbocycles. The molecular formula is C17H28N2O2. The van der Waals surface area contributed by atoms with Gasteiger partial charge in [-0.15, -0.1) is 0 Å². The molecule has 1 atom stereocenters. The van der Waals surface area contributed by atoms with E-state index in [-0.39, 0.29) is 18.6 Å². The zero-order valence-electron chi connectivity index (χ0n) is 13.4. The molecule has 0 bridgehead atoms. The Morgan fingerprint density at radius 3 is 2.43 bits per heavy atom. The molecule has 118 valence electrons. The summed E-state index contributed by atoms with van der Waals surface area (Å²) in [5, 5.41) is 2.85. The van der Waals surface area contributed by atoms with Crippen molar-refractivity contribution in [1.29, 1.82) is 0 Å². The van der Waals surface area contributed by atoms with Crippen molar-refractivity contribution in [2.45, 2.75) is 46.1 Å². The standard InChI is InChI=1S/C17H28N2O2/c1-13(2)10-11-19-17(20)12-21-16-8-6-15(7-9-16)5-4-14(3)18/h6-9,13-14H,4-5,10-12,18H2,1-3H3,(H,19,20). The van der Waals surface area contributed by atoms with E-state index in [0.29, 0.717) is 12.5 Å². The van der Waals surface area contributed by atoms with Gasteiger partial charge in [0.25, 0.3) is 5.91 Å². The van der Waals surface area contributed by atoms with Gasteiger partial charge in [-0.3, -0.25) is 4.79 Å². The number of benzene rings is 1. The number of hydrogen-bond donors (Lipinski definition) is 2. The van der Waals surface area contributed by atoms with Gasteiger partial charge in [-0.25, -0.2) is 0 Å². The third kappa shape index (κ3) is 8.35. The molecule has 3 N–H and O–H groups in total. The maximum atomic E-state index is 11.6. The molecule has 1 aromatic carbocycles. The highest BCUT2D eigenvalue weighted by molar-refractivity contribution is 5.77. The molecule has 21 heavy (non-hydrogen) atoms. The van der Waals surface area contributed by atoms with Gasteiger partial charge in [0.15, 0.2) is 6.61 Å². The number of rotatable bonds is 9. The van der Waals surface area contributed by atoms with Crippen LogP contribution >= 0.6 is 0 Å². The molecule has 0 aromatic heterocycles.